The third kappa shape index (κ3) is 8.44. The van der Waals surface area contributed by atoms with Gasteiger partial charge in [0, 0.05) is 6.07 Å². The van der Waals surface area contributed by atoms with Crippen molar-refractivity contribution in [2.75, 3.05) is 13.2 Å². The van der Waals surface area contributed by atoms with Crippen molar-refractivity contribution in [3.63, 3.8) is 0 Å². The Labute approximate surface area is 179 Å². The van der Waals surface area contributed by atoms with Crippen molar-refractivity contribution in [1.29, 1.82) is 0 Å². The highest BCUT2D eigenvalue weighted by molar-refractivity contribution is 5.91. The molecule has 2 rings (SSSR count). The SMILES string of the molecule is CCCCCCOc1ccc(C(=O)Oc2ccc(OCCCCCC)c(F)c2)cc1. The van der Waals surface area contributed by atoms with Gasteiger partial charge in [-0.15, -0.1) is 0 Å². The van der Waals surface area contributed by atoms with E-state index in [-0.39, 0.29) is 11.5 Å². The van der Waals surface area contributed by atoms with Crippen LogP contribution in [0.2, 0.25) is 0 Å². The van der Waals surface area contributed by atoms with Crippen molar-refractivity contribution in [1.82, 2.24) is 0 Å². The summed E-state index contributed by atoms with van der Waals surface area (Å²) < 4.78 is 30.6. The summed E-state index contributed by atoms with van der Waals surface area (Å²) in [5.41, 5.74) is 0.380. The Morgan fingerprint density at radius 3 is 1.97 bits per heavy atom. The Morgan fingerprint density at radius 1 is 0.767 bits per heavy atom. The largest absolute Gasteiger partial charge is 0.494 e. The predicted octanol–water partition coefficient (Wildman–Crippen LogP) is 6.96. The number of carbonyl (C=O) groups excluding carboxylic acids is 1. The first-order valence-corrected chi connectivity index (χ1v) is 11.0. The van der Waals surface area contributed by atoms with Crippen molar-refractivity contribution in [2.45, 2.75) is 65.2 Å². The second-order valence-electron chi connectivity index (χ2n) is 7.32. The van der Waals surface area contributed by atoms with Gasteiger partial charge in [0.25, 0.3) is 0 Å². The van der Waals surface area contributed by atoms with E-state index in [2.05, 4.69) is 13.8 Å². The van der Waals surface area contributed by atoms with Gasteiger partial charge in [-0.3, -0.25) is 0 Å². The molecule has 4 nitrogen and oxygen atoms in total. The molecule has 2 aromatic carbocycles. The van der Waals surface area contributed by atoms with E-state index in [0.717, 1.165) is 44.3 Å². The third-order valence-electron chi connectivity index (χ3n) is 4.73. The minimum Gasteiger partial charge on any atom is -0.494 e. The van der Waals surface area contributed by atoms with E-state index in [4.69, 9.17) is 14.2 Å². The second-order valence-corrected chi connectivity index (χ2v) is 7.32. The molecule has 0 N–H and O–H groups in total. The third-order valence-corrected chi connectivity index (χ3v) is 4.73. The summed E-state index contributed by atoms with van der Waals surface area (Å²) in [6, 6.07) is 11.0. The number of carbonyl (C=O) groups is 1. The minimum atomic E-state index is -0.544. The maximum Gasteiger partial charge on any atom is 0.343 e. The Hall–Kier alpha value is -2.56. The molecule has 0 aliphatic heterocycles. The van der Waals surface area contributed by atoms with Crippen molar-refractivity contribution < 1.29 is 23.4 Å². The standard InChI is InChI=1S/C25H33FO4/c1-3-5-7-9-17-28-21-13-11-20(12-14-21)25(27)30-22-15-16-24(23(26)19-22)29-18-10-8-6-4-2/h11-16,19H,3-10,17-18H2,1-2H3. The molecule has 0 bridgehead atoms. The molecule has 0 saturated carbocycles. The van der Waals surface area contributed by atoms with Gasteiger partial charge in [0.05, 0.1) is 18.8 Å². The normalized spacial score (nSPS) is 10.6. The zero-order valence-corrected chi connectivity index (χ0v) is 18.1. The van der Waals surface area contributed by atoms with Crippen LogP contribution < -0.4 is 14.2 Å². The number of hydrogen-bond donors (Lipinski definition) is 0. The van der Waals surface area contributed by atoms with E-state index >= 15 is 0 Å². The predicted molar refractivity (Wildman–Crippen MR) is 117 cm³/mol. The molecule has 0 amide bonds. The van der Waals surface area contributed by atoms with Crippen LogP contribution in [-0.4, -0.2) is 19.2 Å². The zero-order valence-electron chi connectivity index (χ0n) is 18.1. The highest BCUT2D eigenvalue weighted by Gasteiger charge is 2.12. The number of ether oxygens (including phenoxy) is 3. The summed E-state index contributed by atoms with van der Waals surface area (Å²) >= 11 is 0. The van der Waals surface area contributed by atoms with Gasteiger partial charge in [-0.05, 0) is 49.2 Å². The van der Waals surface area contributed by atoms with E-state index < -0.39 is 11.8 Å². The van der Waals surface area contributed by atoms with Gasteiger partial charge in [0.1, 0.15) is 11.5 Å². The summed E-state index contributed by atoms with van der Waals surface area (Å²) in [4.78, 5) is 12.3. The van der Waals surface area contributed by atoms with Crippen molar-refractivity contribution in [3.8, 4) is 17.2 Å². The fourth-order valence-electron chi connectivity index (χ4n) is 2.95. The Balaban J connectivity index is 1.81. The molecule has 0 unspecified atom stereocenters. The van der Waals surface area contributed by atoms with Crippen LogP contribution in [0.1, 0.15) is 75.6 Å². The molecule has 0 spiro atoms. The molecular formula is C25H33FO4. The Bertz CT molecular complexity index is 758. The number of rotatable bonds is 14. The molecule has 0 saturated heterocycles. The minimum absolute atomic E-state index is 0.145. The van der Waals surface area contributed by atoms with Crippen molar-refractivity contribution >= 4 is 5.97 Å². The van der Waals surface area contributed by atoms with Gasteiger partial charge in [-0.2, -0.15) is 0 Å². The van der Waals surface area contributed by atoms with E-state index in [0.29, 0.717) is 18.8 Å². The first-order chi connectivity index (χ1) is 14.6. The summed E-state index contributed by atoms with van der Waals surface area (Å²) in [7, 11) is 0. The molecule has 30 heavy (non-hydrogen) atoms. The van der Waals surface area contributed by atoms with Crippen LogP contribution in [0.25, 0.3) is 0 Å². The van der Waals surface area contributed by atoms with E-state index in [1.807, 2.05) is 0 Å². The van der Waals surface area contributed by atoms with Gasteiger partial charge in [-0.1, -0.05) is 52.4 Å². The van der Waals surface area contributed by atoms with Gasteiger partial charge >= 0.3 is 5.97 Å². The first kappa shape index (κ1) is 23.7. The van der Waals surface area contributed by atoms with Crippen LogP contribution in [0.3, 0.4) is 0 Å². The van der Waals surface area contributed by atoms with Crippen LogP contribution in [0, 0.1) is 5.82 Å². The van der Waals surface area contributed by atoms with Gasteiger partial charge < -0.3 is 14.2 Å². The fraction of sp³-hybridized carbons (Fsp3) is 0.480. The molecule has 2 aromatic rings. The van der Waals surface area contributed by atoms with Crippen LogP contribution >= 0.6 is 0 Å². The lowest BCUT2D eigenvalue weighted by atomic mass is 10.2. The van der Waals surface area contributed by atoms with E-state index in [9.17, 15) is 9.18 Å². The first-order valence-electron chi connectivity index (χ1n) is 11.0. The Kier molecular flexibility index (Phi) is 10.8. The molecule has 0 aliphatic rings. The molecule has 164 valence electrons. The number of unbranched alkanes of at least 4 members (excludes halogenated alkanes) is 6. The Morgan fingerprint density at radius 2 is 1.37 bits per heavy atom. The van der Waals surface area contributed by atoms with Crippen molar-refractivity contribution in [2.24, 2.45) is 0 Å². The lowest BCUT2D eigenvalue weighted by Crippen LogP contribution is -2.09. The maximum absolute atomic E-state index is 14.2. The van der Waals surface area contributed by atoms with Crippen LogP contribution in [0.4, 0.5) is 4.39 Å². The molecule has 0 aromatic heterocycles. The number of benzene rings is 2. The van der Waals surface area contributed by atoms with Crippen LogP contribution in [0.15, 0.2) is 42.5 Å². The highest BCUT2D eigenvalue weighted by atomic mass is 19.1. The zero-order chi connectivity index (χ0) is 21.6. The quantitative estimate of drug-likeness (QED) is 0.190. The lowest BCUT2D eigenvalue weighted by molar-refractivity contribution is 0.0734. The maximum atomic E-state index is 14.2. The summed E-state index contributed by atoms with van der Waals surface area (Å²) in [5.74, 6) is -0.0481. The molecular weight excluding hydrogens is 383 g/mol. The number of esters is 1. The second kappa shape index (κ2) is 13.6. The van der Waals surface area contributed by atoms with E-state index in [1.54, 1.807) is 24.3 Å². The van der Waals surface area contributed by atoms with Crippen LogP contribution in [-0.2, 0) is 0 Å². The average Bonchev–Trinajstić information content (AvgIpc) is 2.75. The van der Waals surface area contributed by atoms with Crippen LogP contribution in [0.5, 0.6) is 17.2 Å². The smallest absolute Gasteiger partial charge is 0.343 e. The summed E-state index contributed by atoms with van der Waals surface area (Å²) in [5, 5.41) is 0. The van der Waals surface area contributed by atoms with E-state index in [1.165, 1.54) is 31.0 Å². The summed E-state index contributed by atoms with van der Waals surface area (Å²) in [6.07, 6.45) is 8.81. The average molecular weight is 417 g/mol. The van der Waals surface area contributed by atoms with Gasteiger partial charge in [0.15, 0.2) is 11.6 Å². The molecule has 0 heterocycles. The van der Waals surface area contributed by atoms with Gasteiger partial charge in [-0.25, -0.2) is 9.18 Å². The molecule has 5 heteroatoms. The number of hydrogen-bond acceptors (Lipinski definition) is 4. The molecule has 0 atom stereocenters. The van der Waals surface area contributed by atoms with Crippen molar-refractivity contribution in [3.05, 3.63) is 53.8 Å². The summed E-state index contributed by atoms with van der Waals surface area (Å²) in [6.45, 7) is 5.45. The molecule has 0 fully saturated rings. The topological polar surface area (TPSA) is 44.8 Å². The monoisotopic (exact) mass is 416 g/mol. The molecule has 0 aliphatic carbocycles. The highest BCUT2D eigenvalue weighted by Crippen LogP contribution is 2.24. The van der Waals surface area contributed by atoms with Gasteiger partial charge in [0.2, 0.25) is 0 Å². The number of halogens is 1. The molecule has 0 radical (unpaired) electrons. The lowest BCUT2D eigenvalue weighted by Gasteiger charge is -2.10. The fourth-order valence-corrected chi connectivity index (χ4v) is 2.95.